The number of unbranched alkanes of at least 4 members (excludes halogenated alkanes) is 2. The van der Waals surface area contributed by atoms with Crippen molar-refractivity contribution in [2.24, 2.45) is 22.7 Å². The highest BCUT2D eigenvalue weighted by atomic mass is 16.6. The highest BCUT2D eigenvalue weighted by molar-refractivity contribution is 5.99. The summed E-state index contributed by atoms with van der Waals surface area (Å²) < 4.78 is 31.3. The molecule has 0 radical (unpaired) electrons. The molecule has 2 bridgehead atoms. The number of fused-ring (bicyclic) bond motifs is 5. The summed E-state index contributed by atoms with van der Waals surface area (Å²) >= 11 is 0. The van der Waals surface area contributed by atoms with Crippen LogP contribution in [0.2, 0.25) is 0 Å². The number of Topliss-reactive ketones (excluding diaryl/α,β-unsaturated/α-hetero) is 5. The van der Waals surface area contributed by atoms with Crippen molar-refractivity contribution in [3.8, 4) is 5.75 Å². The van der Waals surface area contributed by atoms with Crippen LogP contribution < -0.4 is 53.2 Å². The molecule has 1 heterocycles. The normalized spacial score (nSPS) is 22.0. The van der Waals surface area contributed by atoms with Gasteiger partial charge in [0.2, 0.25) is 47.5 Å². The first kappa shape index (κ1) is 115. The topological polar surface area (TPSA) is 649 Å². The highest BCUT2D eigenvalue weighted by Gasteiger charge is 2.78. The number of carbonyl (C=O) groups excluding carboxylic acids is 18. The summed E-state index contributed by atoms with van der Waals surface area (Å²) in [5, 5.41) is 104. The molecule has 20 atom stereocenters. The fraction of sp³-hybridized carbons (Fsp3) is 0.545. The molecular weight excluding hydrogens is 1870 g/mol. The zero-order valence-corrected chi connectivity index (χ0v) is 81.7. The second-order valence-electron chi connectivity index (χ2n) is 37.6. The molecule has 17 N–H and O–H groups in total. The first-order valence-corrected chi connectivity index (χ1v) is 47.7. The minimum atomic E-state index is -2.48. The van der Waals surface area contributed by atoms with Gasteiger partial charge in [-0.2, -0.15) is 0 Å². The van der Waals surface area contributed by atoms with E-state index in [-0.39, 0.29) is 142 Å². The monoisotopic (exact) mass is 2000 g/mol. The molecule has 2 saturated carbocycles. The summed E-state index contributed by atoms with van der Waals surface area (Å²) in [7, 11) is 0. The van der Waals surface area contributed by atoms with E-state index in [1.807, 2.05) is 0 Å². The molecule has 0 spiro atoms. The summed E-state index contributed by atoms with van der Waals surface area (Å²) in [5.74, 6) is -20.7. The number of aliphatic hydroxyl groups is 4. The summed E-state index contributed by atoms with van der Waals surface area (Å²) in [6, 6.07) is 15.3. The molecule has 42 heteroatoms. The number of benzene rings is 4. The Balaban J connectivity index is 1.04. The molecule has 4 aromatic rings. The number of carbonyl (C=O) groups is 20. The lowest BCUT2D eigenvalue weighted by Gasteiger charge is -2.67. The largest absolute Gasteiger partial charge is 0.508 e. The van der Waals surface area contributed by atoms with Gasteiger partial charge in [-0.1, -0.05) is 99.6 Å². The van der Waals surface area contributed by atoms with E-state index in [2.05, 4.69) is 53.2 Å². The third kappa shape index (κ3) is 31.4. The number of amides is 8. The predicted molar refractivity (Wildman–Crippen MR) is 506 cm³/mol. The number of hydrogen-bond donors (Lipinski definition) is 17. The molecule has 4 aromatic carbocycles. The molecule has 4 aliphatic rings. The van der Waals surface area contributed by atoms with Crippen LogP contribution in [0.25, 0.3) is 0 Å². The molecule has 1 aliphatic heterocycles. The fourth-order valence-electron chi connectivity index (χ4n) is 18.8. The summed E-state index contributed by atoms with van der Waals surface area (Å²) in [6.45, 7) is 11.8. The minimum Gasteiger partial charge on any atom is -0.508 e. The maximum absolute atomic E-state index is 15.9. The average Bonchev–Trinajstić information content (AvgIpc) is 0.667. The molecule has 1 saturated heterocycles. The number of aliphatic carboxylic acids is 2. The van der Waals surface area contributed by atoms with Crippen molar-refractivity contribution in [2.45, 2.75) is 293 Å². The van der Waals surface area contributed by atoms with Crippen molar-refractivity contribution in [3.05, 3.63) is 149 Å². The number of aliphatic hydroxyl groups excluding tert-OH is 3. The molecular formula is C101H132N10O32. The van der Waals surface area contributed by atoms with Gasteiger partial charge in [0, 0.05) is 94.7 Å². The summed E-state index contributed by atoms with van der Waals surface area (Å²) in [5.41, 5.74) is -6.86. The third-order valence-corrected chi connectivity index (χ3v) is 26.6. The van der Waals surface area contributed by atoms with Crippen LogP contribution in [0.3, 0.4) is 0 Å². The van der Waals surface area contributed by atoms with Crippen LogP contribution >= 0.6 is 0 Å². The van der Waals surface area contributed by atoms with Gasteiger partial charge < -0.3 is 122 Å². The van der Waals surface area contributed by atoms with Crippen molar-refractivity contribution in [1.29, 1.82) is 0 Å². The van der Waals surface area contributed by atoms with Crippen LogP contribution in [0, 0.1) is 22.7 Å². The van der Waals surface area contributed by atoms with Gasteiger partial charge in [0.25, 0.3) is 5.91 Å². The number of esters is 4. The Labute approximate surface area is 826 Å². The number of carboxylic acid groups (broad SMARTS) is 2. The predicted octanol–water partition coefficient (Wildman–Crippen LogP) is 2.20. The van der Waals surface area contributed by atoms with Gasteiger partial charge in [0.05, 0.1) is 79.5 Å². The number of phenolic OH excluding ortho intramolecular Hbond substituents is 1. The van der Waals surface area contributed by atoms with E-state index in [4.69, 9.17) is 23.7 Å². The van der Waals surface area contributed by atoms with Gasteiger partial charge >= 0.3 is 35.8 Å². The highest BCUT2D eigenvalue weighted by Crippen LogP contribution is 2.65. The quantitative estimate of drug-likeness (QED) is 0.00990. The van der Waals surface area contributed by atoms with E-state index in [0.29, 0.717) is 11.8 Å². The van der Waals surface area contributed by atoms with Gasteiger partial charge in [0.1, 0.15) is 83.5 Å². The second-order valence-corrected chi connectivity index (χ2v) is 37.6. The Morgan fingerprint density at radius 1 is 0.559 bits per heavy atom. The number of ether oxygens (including phenoxy) is 5. The lowest BCUT2D eigenvalue weighted by atomic mass is 9.43. The van der Waals surface area contributed by atoms with E-state index in [1.165, 1.54) is 88.4 Å². The van der Waals surface area contributed by atoms with Gasteiger partial charge in [-0.15, -0.1) is 0 Å². The molecule has 143 heavy (non-hydrogen) atoms. The Morgan fingerprint density at radius 3 is 1.59 bits per heavy atom. The molecule has 0 aromatic heterocycles. The SMILES string of the molecule is CC(=O)CCC(=O)NCCCCC(NCC(=O)[C@H](CCCCNC(=O)CCC(C)=O)NCC(=O)C(NC(=O)CCC(=O)O[C@@H](C(=O)OC1C[C@@]2(O)[C@@H](OC(=O)c3ccccc3)[C@H]3[C@](C)(C(=O)[C@H](C)C(=C1C)C2(C)C)[C@@H](O)CC1OC[C@]13OC(C)=O)[C@@H](NC(=O)c1ccccc1)c1ccccc1)C(C)O)C(=O)N[C@H](C(=O)NC(CCC(=O)O)C(=O)N[C@@H](CCC(=O)O)C(=O)NC(C=O)Cc1ccc(O)cc1)[C@@H](C)O. The van der Waals surface area contributed by atoms with E-state index < -0.39 is 283 Å². The molecule has 3 fully saturated rings. The zero-order valence-electron chi connectivity index (χ0n) is 81.7. The summed E-state index contributed by atoms with van der Waals surface area (Å²) in [6.07, 6.45) is -17.4. The Bertz CT molecular complexity index is 5270. The van der Waals surface area contributed by atoms with Crippen LogP contribution in [0.5, 0.6) is 5.75 Å². The number of rotatable bonds is 57. The van der Waals surface area contributed by atoms with E-state index >= 15 is 9.59 Å². The molecule has 42 nitrogen and oxygen atoms in total. The number of nitrogens with one attached hydrogen (secondary N) is 10. The van der Waals surface area contributed by atoms with E-state index in [9.17, 15) is 122 Å². The average molecular weight is 2000 g/mol. The number of aldehydes is 1. The molecule has 7 unspecified atom stereocenters. The standard InChI is InChI=1S/C101H132N10O32/c1-55(113)32-40-77(122)102-46-22-20-30-68(72(119)51-105-69(31-21-23-47-103-78(123)41-33-56(2)114)92(132)110-85(60(6)116)95(135)108-71(39-44-81(127)128)94(134)107-70(38-43-80(125)126)93(133)106-66(53-112)48-62-34-36-67(118)37-35-62)104-52-73(120)84(59(5)115)109-79(124)42-45-82(129)141-87(86(63-24-14-11-15-25-63)111-91(131)64-26-16-12-17-27-64)97(137)140-74-50-101(138)90(142-96(136)65-28-18-13-19-29-65)88-99(10,89(130)58(4)83(57(74)3)98(101,8)9)75(121)49-76-100(88,54-139-76)143-61(7)117/h11-19,24-29,34-37,53,58-60,66,68-71,74-76,84-88,90,104-105,115-116,118,121,138H,20-23,30-33,38-52,54H2,1-10H3,(H,102,122)(H,103,123)(H,106,133)(H,107,134)(H,108,135)(H,109,124)(H,110,132)(H,111,131)(H,125,126)(H,127,128)/t58-,59?,60-,66?,68+,69?,70+,71?,74?,75+,76?,84?,85+,86+,87-,88+,90+,99-,100+,101-/m1/s1. The number of hydrogen-bond acceptors (Lipinski definition) is 32. The lowest BCUT2D eigenvalue weighted by molar-refractivity contribution is -0.345. The Morgan fingerprint density at radius 2 is 1.07 bits per heavy atom. The van der Waals surface area contributed by atoms with Gasteiger partial charge in [-0.3, -0.25) is 77.2 Å². The second kappa shape index (κ2) is 53.2. The van der Waals surface area contributed by atoms with Gasteiger partial charge in [-0.05, 0) is 158 Å². The first-order chi connectivity index (χ1) is 67.6. The van der Waals surface area contributed by atoms with Crippen LogP contribution in [0.15, 0.2) is 126 Å². The van der Waals surface area contributed by atoms with Crippen LogP contribution in [0.4, 0.5) is 0 Å². The summed E-state index contributed by atoms with van der Waals surface area (Å²) in [4.78, 5) is 274. The smallest absolute Gasteiger partial charge is 0.350 e. The molecule has 3 aliphatic carbocycles. The van der Waals surface area contributed by atoms with Crippen molar-refractivity contribution in [3.63, 3.8) is 0 Å². The third-order valence-electron chi connectivity index (χ3n) is 26.6. The first-order valence-electron chi connectivity index (χ1n) is 47.7. The van der Waals surface area contributed by atoms with E-state index in [0.717, 1.165) is 20.8 Å². The maximum atomic E-state index is 15.9. The molecule has 778 valence electrons. The lowest BCUT2D eigenvalue weighted by Crippen LogP contribution is -2.81. The van der Waals surface area contributed by atoms with Crippen molar-refractivity contribution in [2.75, 3.05) is 32.8 Å². The number of ketones is 5. The minimum absolute atomic E-state index is 0.00780. The Kier molecular flexibility index (Phi) is 42.8. The van der Waals surface area contributed by atoms with Crippen molar-refractivity contribution in [1.82, 2.24) is 53.2 Å². The van der Waals surface area contributed by atoms with Crippen molar-refractivity contribution < 1.29 is 155 Å². The van der Waals surface area contributed by atoms with Gasteiger partial charge in [0.15, 0.2) is 17.2 Å². The number of phenols is 1. The molecule has 8 amide bonds. The Hall–Kier alpha value is -13.3. The van der Waals surface area contributed by atoms with Crippen molar-refractivity contribution >= 4 is 118 Å². The van der Waals surface area contributed by atoms with Gasteiger partial charge in [-0.25, -0.2) is 9.59 Å². The fourth-order valence-corrected chi connectivity index (χ4v) is 18.8. The molecule has 8 rings (SSSR count). The number of carboxylic acids is 2. The van der Waals surface area contributed by atoms with Crippen LogP contribution in [0.1, 0.15) is 223 Å². The number of aromatic hydroxyl groups is 1. The maximum Gasteiger partial charge on any atom is 0.350 e. The van der Waals surface area contributed by atoms with Crippen LogP contribution in [-0.4, -0.2) is 283 Å². The zero-order chi connectivity index (χ0) is 106. The van der Waals surface area contributed by atoms with Crippen LogP contribution in [-0.2, 0) is 116 Å². The van der Waals surface area contributed by atoms with E-state index in [1.54, 1.807) is 75.4 Å².